The van der Waals surface area contributed by atoms with Crippen LogP contribution in [0.2, 0.25) is 0 Å². The van der Waals surface area contributed by atoms with Crippen molar-refractivity contribution in [3.8, 4) is 11.1 Å². The molecule has 4 rings (SSSR count). The van der Waals surface area contributed by atoms with Crippen LogP contribution in [0.15, 0.2) is 78.9 Å². The van der Waals surface area contributed by atoms with E-state index in [1.54, 1.807) is 0 Å². The minimum absolute atomic E-state index is 0.0404. The van der Waals surface area contributed by atoms with E-state index in [9.17, 15) is 9.59 Å². The number of fused-ring (bicyclic) bond motifs is 3. The van der Waals surface area contributed by atoms with Crippen molar-refractivity contribution in [2.45, 2.75) is 18.6 Å². The summed E-state index contributed by atoms with van der Waals surface area (Å²) in [5, 5.41) is 2.58. The maximum atomic E-state index is 12.4. The number of ether oxygens (including phenoxy) is 2. The highest BCUT2D eigenvalue weighted by Crippen LogP contribution is 2.44. The van der Waals surface area contributed by atoms with Gasteiger partial charge in [0.05, 0.1) is 0 Å². The minimum atomic E-state index is -0.862. The fraction of sp³-hybridized carbons (Fsp3) is 0.200. The van der Waals surface area contributed by atoms with Crippen molar-refractivity contribution < 1.29 is 24.8 Å². The van der Waals surface area contributed by atoms with Crippen LogP contribution in [0.5, 0.6) is 0 Å². The van der Waals surface area contributed by atoms with Crippen molar-refractivity contribution >= 4 is 12.1 Å². The van der Waals surface area contributed by atoms with Gasteiger partial charge in [0, 0.05) is 5.92 Å². The van der Waals surface area contributed by atoms with Crippen LogP contribution >= 0.6 is 0 Å². The quantitative estimate of drug-likeness (QED) is 0.578. The summed E-state index contributed by atoms with van der Waals surface area (Å²) in [7, 11) is 0. The third-order valence-electron chi connectivity index (χ3n) is 5.43. The second kappa shape index (κ2) is 9.45. The number of quaternary nitrogens is 1. The number of esters is 1. The predicted molar refractivity (Wildman–Crippen MR) is 116 cm³/mol. The molecule has 0 spiro atoms. The third-order valence-corrected chi connectivity index (χ3v) is 5.43. The molecule has 6 heteroatoms. The summed E-state index contributed by atoms with van der Waals surface area (Å²) in [4.78, 5) is 24.7. The second-order valence-corrected chi connectivity index (χ2v) is 7.40. The molecule has 3 aromatic carbocycles. The number of rotatable bonds is 7. The van der Waals surface area contributed by atoms with E-state index >= 15 is 0 Å². The molecule has 4 N–H and O–H groups in total. The zero-order chi connectivity index (χ0) is 21.6. The zero-order valence-electron chi connectivity index (χ0n) is 17.1. The van der Waals surface area contributed by atoms with Gasteiger partial charge in [-0.1, -0.05) is 78.9 Å². The van der Waals surface area contributed by atoms with Crippen LogP contribution in [0.4, 0.5) is 4.79 Å². The summed E-state index contributed by atoms with van der Waals surface area (Å²) in [6.45, 7) is 0.489. The monoisotopic (exact) mass is 417 g/mol. The first-order chi connectivity index (χ1) is 15.2. The summed E-state index contributed by atoms with van der Waals surface area (Å²) < 4.78 is 10.8. The van der Waals surface area contributed by atoms with Gasteiger partial charge in [-0.3, -0.25) is 0 Å². The molecular formula is C25H25N2O4+. The first kappa shape index (κ1) is 20.6. The van der Waals surface area contributed by atoms with E-state index in [0.717, 1.165) is 27.8 Å². The molecule has 0 saturated carbocycles. The molecular weight excluding hydrogens is 392 g/mol. The van der Waals surface area contributed by atoms with Crippen molar-refractivity contribution in [3.63, 3.8) is 0 Å². The maximum absolute atomic E-state index is 12.4. The van der Waals surface area contributed by atoms with E-state index in [0.29, 0.717) is 0 Å². The molecule has 1 aliphatic carbocycles. The van der Waals surface area contributed by atoms with Crippen LogP contribution in [0.3, 0.4) is 0 Å². The lowest BCUT2D eigenvalue weighted by atomic mass is 9.98. The first-order valence-electron chi connectivity index (χ1n) is 10.3. The van der Waals surface area contributed by atoms with Gasteiger partial charge in [0.25, 0.3) is 0 Å². The van der Waals surface area contributed by atoms with Gasteiger partial charge in [0.2, 0.25) is 0 Å². The van der Waals surface area contributed by atoms with Crippen molar-refractivity contribution in [2.75, 3.05) is 13.2 Å². The van der Waals surface area contributed by atoms with Gasteiger partial charge in [-0.25, -0.2) is 9.59 Å². The van der Waals surface area contributed by atoms with Gasteiger partial charge in [-0.15, -0.1) is 0 Å². The molecule has 158 valence electrons. The Labute approximate surface area is 181 Å². The Morgan fingerprint density at radius 2 is 1.42 bits per heavy atom. The van der Waals surface area contributed by atoms with Crippen LogP contribution in [0.25, 0.3) is 11.1 Å². The first-order valence-corrected chi connectivity index (χ1v) is 10.3. The molecule has 1 amide bonds. The number of hydrogen-bond acceptors (Lipinski definition) is 4. The molecule has 0 heterocycles. The van der Waals surface area contributed by atoms with E-state index in [2.05, 4.69) is 35.3 Å². The lowest BCUT2D eigenvalue weighted by Gasteiger charge is -2.17. The molecule has 0 unspecified atom stereocenters. The van der Waals surface area contributed by atoms with Gasteiger partial charge >= 0.3 is 12.1 Å². The molecule has 0 bridgehead atoms. The molecule has 1 atom stereocenters. The Balaban J connectivity index is 1.35. The summed E-state index contributed by atoms with van der Waals surface area (Å²) in [6.07, 6.45) is -0.660. The molecule has 3 aromatic rings. The molecule has 0 radical (unpaired) electrons. The summed E-state index contributed by atoms with van der Waals surface area (Å²) in [5.41, 5.74) is 9.20. The number of alkyl carbamates (subject to hydrolysis) is 1. The molecule has 0 fully saturated rings. The average molecular weight is 417 g/mol. The zero-order valence-corrected chi connectivity index (χ0v) is 17.1. The smallest absolute Gasteiger partial charge is 0.408 e. The molecule has 31 heavy (non-hydrogen) atoms. The second-order valence-electron chi connectivity index (χ2n) is 7.40. The van der Waals surface area contributed by atoms with Crippen molar-refractivity contribution in [1.82, 2.24) is 5.32 Å². The van der Waals surface area contributed by atoms with Gasteiger partial charge < -0.3 is 20.5 Å². The average Bonchev–Trinajstić information content (AvgIpc) is 3.14. The highest BCUT2D eigenvalue weighted by Gasteiger charge is 2.30. The standard InChI is InChI=1S/C25H24N2O4/c26-14-23(24(28)30-15-17-8-2-1-3-9-17)27-25(29)31-16-22-20-12-6-4-10-18(20)19-11-5-7-13-21(19)22/h1-13,22-23H,14-16,26H2,(H,27,29)/p+1/t23-/m0/s1. The van der Waals surface area contributed by atoms with E-state index in [1.165, 1.54) is 0 Å². The van der Waals surface area contributed by atoms with Crippen LogP contribution in [-0.4, -0.2) is 31.3 Å². The van der Waals surface area contributed by atoms with Crippen LogP contribution < -0.4 is 11.1 Å². The van der Waals surface area contributed by atoms with Gasteiger partial charge in [0.1, 0.15) is 19.8 Å². The van der Waals surface area contributed by atoms with E-state index < -0.39 is 18.1 Å². The SMILES string of the molecule is [NH3+]C[C@H](NC(=O)OCC1c2ccccc2-c2ccccc21)C(=O)OCc1ccccc1. The third kappa shape index (κ3) is 4.59. The Bertz CT molecular complexity index is 1020. The summed E-state index contributed by atoms with van der Waals surface area (Å²) >= 11 is 0. The molecule has 0 aromatic heterocycles. The lowest BCUT2D eigenvalue weighted by molar-refractivity contribution is -0.371. The van der Waals surface area contributed by atoms with Crippen LogP contribution in [-0.2, 0) is 20.9 Å². The van der Waals surface area contributed by atoms with Crippen molar-refractivity contribution in [1.29, 1.82) is 0 Å². The van der Waals surface area contributed by atoms with Crippen LogP contribution in [0.1, 0.15) is 22.6 Å². The number of carbonyl (C=O) groups excluding carboxylic acids is 2. The minimum Gasteiger partial charge on any atom is -0.459 e. The molecule has 1 aliphatic rings. The van der Waals surface area contributed by atoms with Gasteiger partial charge in [-0.2, -0.15) is 0 Å². The maximum Gasteiger partial charge on any atom is 0.408 e. The number of benzene rings is 3. The Kier molecular flexibility index (Phi) is 6.29. The predicted octanol–water partition coefficient (Wildman–Crippen LogP) is 2.88. The molecule has 0 aliphatic heterocycles. The van der Waals surface area contributed by atoms with E-state index in [-0.39, 0.29) is 25.7 Å². The van der Waals surface area contributed by atoms with Crippen molar-refractivity contribution in [2.24, 2.45) is 0 Å². The highest BCUT2D eigenvalue weighted by molar-refractivity contribution is 5.82. The normalized spacial score (nSPS) is 13.1. The lowest BCUT2D eigenvalue weighted by Crippen LogP contribution is -2.62. The highest BCUT2D eigenvalue weighted by atomic mass is 16.6. The largest absolute Gasteiger partial charge is 0.459 e. The topological polar surface area (TPSA) is 92.3 Å². The Morgan fingerprint density at radius 1 is 0.839 bits per heavy atom. The number of amides is 1. The Hall–Kier alpha value is -3.64. The Morgan fingerprint density at radius 3 is 2.03 bits per heavy atom. The van der Waals surface area contributed by atoms with E-state index in [4.69, 9.17) is 9.47 Å². The van der Waals surface area contributed by atoms with Crippen molar-refractivity contribution in [3.05, 3.63) is 95.6 Å². The number of hydrogen-bond donors (Lipinski definition) is 2. The molecule has 6 nitrogen and oxygen atoms in total. The fourth-order valence-corrected chi connectivity index (χ4v) is 3.86. The molecule has 0 saturated heterocycles. The van der Waals surface area contributed by atoms with Gasteiger partial charge in [-0.05, 0) is 27.8 Å². The summed E-state index contributed by atoms with van der Waals surface area (Å²) in [5.74, 6) is -0.575. The summed E-state index contributed by atoms with van der Waals surface area (Å²) in [6, 6.07) is 24.8. The number of nitrogens with one attached hydrogen (secondary N) is 1. The van der Waals surface area contributed by atoms with E-state index in [1.807, 2.05) is 54.6 Å². The van der Waals surface area contributed by atoms with Crippen LogP contribution in [0, 0.1) is 0 Å². The fourth-order valence-electron chi connectivity index (χ4n) is 3.86. The number of carbonyl (C=O) groups is 2. The van der Waals surface area contributed by atoms with Gasteiger partial charge in [0.15, 0.2) is 6.04 Å².